The van der Waals surface area contributed by atoms with E-state index in [1.807, 2.05) is 0 Å². The molecule has 6 heteroatoms. The Kier molecular flexibility index (Phi) is 5.69. The third-order valence-electron chi connectivity index (χ3n) is 2.76. The van der Waals surface area contributed by atoms with E-state index in [4.69, 9.17) is 5.11 Å². The second-order valence-electron chi connectivity index (χ2n) is 4.15. The number of carbonyl (C=O) groups excluding carboxylic acids is 1. The fraction of sp³-hybridized carbons (Fsp3) is 0.462. The molecule has 0 unspecified atom stereocenters. The SMILES string of the molecule is CNc1ccc(C(=O)N(CCO)CC(F)F)c(C)c1. The van der Waals surface area contributed by atoms with Gasteiger partial charge in [0.05, 0.1) is 13.2 Å². The number of carbonyl (C=O) groups is 1. The van der Waals surface area contributed by atoms with Crippen LogP contribution in [0.15, 0.2) is 18.2 Å². The molecule has 19 heavy (non-hydrogen) atoms. The van der Waals surface area contributed by atoms with E-state index < -0.39 is 18.9 Å². The lowest BCUT2D eigenvalue weighted by Crippen LogP contribution is -2.37. The van der Waals surface area contributed by atoms with Crippen molar-refractivity contribution in [3.8, 4) is 0 Å². The minimum Gasteiger partial charge on any atom is -0.395 e. The molecule has 4 nitrogen and oxygen atoms in total. The summed E-state index contributed by atoms with van der Waals surface area (Å²) in [4.78, 5) is 13.1. The van der Waals surface area contributed by atoms with E-state index in [0.29, 0.717) is 11.1 Å². The van der Waals surface area contributed by atoms with E-state index in [2.05, 4.69) is 5.32 Å². The lowest BCUT2D eigenvalue weighted by atomic mass is 10.1. The van der Waals surface area contributed by atoms with Crippen LogP contribution < -0.4 is 5.32 Å². The van der Waals surface area contributed by atoms with Crippen molar-refractivity contribution >= 4 is 11.6 Å². The minimum atomic E-state index is -2.62. The maximum atomic E-state index is 12.4. The highest BCUT2D eigenvalue weighted by atomic mass is 19.3. The highest BCUT2D eigenvalue weighted by Crippen LogP contribution is 2.17. The second kappa shape index (κ2) is 7.04. The zero-order valence-corrected chi connectivity index (χ0v) is 11.0. The maximum Gasteiger partial charge on any atom is 0.255 e. The van der Waals surface area contributed by atoms with Gasteiger partial charge in [0, 0.05) is 24.8 Å². The van der Waals surface area contributed by atoms with Crippen molar-refractivity contribution in [3.05, 3.63) is 29.3 Å². The number of nitrogens with zero attached hydrogens (tertiary/aromatic N) is 1. The molecule has 106 valence electrons. The Morgan fingerprint density at radius 1 is 1.47 bits per heavy atom. The number of alkyl halides is 2. The van der Waals surface area contributed by atoms with E-state index >= 15 is 0 Å². The summed E-state index contributed by atoms with van der Waals surface area (Å²) in [5.74, 6) is -0.491. The topological polar surface area (TPSA) is 52.6 Å². The van der Waals surface area contributed by atoms with Crippen molar-refractivity contribution in [1.29, 1.82) is 0 Å². The number of aliphatic hydroxyl groups is 1. The van der Waals surface area contributed by atoms with Gasteiger partial charge >= 0.3 is 0 Å². The lowest BCUT2D eigenvalue weighted by molar-refractivity contribution is 0.0508. The van der Waals surface area contributed by atoms with Crippen LogP contribution in [0.4, 0.5) is 14.5 Å². The Hall–Kier alpha value is -1.69. The molecular weight excluding hydrogens is 254 g/mol. The van der Waals surface area contributed by atoms with Crippen LogP contribution in [-0.4, -0.2) is 49.1 Å². The van der Waals surface area contributed by atoms with Crippen molar-refractivity contribution in [2.24, 2.45) is 0 Å². The number of amides is 1. The van der Waals surface area contributed by atoms with Crippen LogP contribution in [-0.2, 0) is 0 Å². The Morgan fingerprint density at radius 3 is 2.63 bits per heavy atom. The smallest absolute Gasteiger partial charge is 0.255 e. The number of hydrogen-bond acceptors (Lipinski definition) is 3. The predicted octanol–water partition coefficient (Wildman–Crippen LogP) is 1.74. The molecule has 0 saturated heterocycles. The summed E-state index contributed by atoms with van der Waals surface area (Å²) >= 11 is 0. The first-order valence-electron chi connectivity index (χ1n) is 5.96. The number of aliphatic hydroxyl groups excluding tert-OH is 1. The van der Waals surface area contributed by atoms with Crippen molar-refractivity contribution in [1.82, 2.24) is 4.90 Å². The first kappa shape index (κ1) is 15.4. The van der Waals surface area contributed by atoms with Gasteiger partial charge in [-0.1, -0.05) is 0 Å². The molecule has 1 aromatic rings. The molecule has 1 amide bonds. The largest absolute Gasteiger partial charge is 0.395 e. The van der Waals surface area contributed by atoms with E-state index in [1.165, 1.54) is 0 Å². The average Bonchev–Trinajstić information content (AvgIpc) is 2.36. The quantitative estimate of drug-likeness (QED) is 0.829. The van der Waals surface area contributed by atoms with Gasteiger partial charge in [0.25, 0.3) is 12.3 Å². The zero-order chi connectivity index (χ0) is 14.4. The van der Waals surface area contributed by atoms with E-state index in [9.17, 15) is 13.6 Å². The summed E-state index contributed by atoms with van der Waals surface area (Å²) in [7, 11) is 1.76. The molecule has 0 atom stereocenters. The van der Waals surface area contributed by atoms with Crippen molar-refractivity contribution < 1.29 is 18.7 Å². The number of benzene rings is 1. The van der Waals surface area contributed by atoms with Gasteiger partial charge in [0.1, 0.15) is 0 Å². The third kappa shape index (κ3) is 4.17. The van der Waals surface area contributed by atoms with E-state index in [0.717, 1.165) is 10.6 Å². The van der Waals surface area contributed by atoms with Crippen molar-refractivity contribution in [2.45, 2.75) is 13.3 Å². The van der Waals surface area contributed by atoms with Crippen LogP contribution in [0.3, 0.4) is 0 Å². The van der Waals surface area contributed by atoms with Crippen LogP contribution in [0, 0.1) is 6.92 Å². The van der Waals surface area contributed by atoms with Crippen LogP contribution >= 0.6 is 0 Å². The Morgan fingerprint density at radius 2 is 2.16 bits per heavy atom. The minimum absolute atomic E-state index is 0.101. The molecule has 0 aliphatic rings. The van der Waals surface area contributed by atoms with Gasteiger partial charge in [0.15, 0.2) is 0 Å². The molecule has 2 N–H and O–H groups in total. The summed E-state index contributed by atoms with van der Waals surface area (Å²) in [5.41, 5.74) is 1.92. The molecule has 0 heterocycles. The van der Waals surface area contributed by atoms with Gasteiger partial charge in [-0.3, -0.25) is 4.79 Å². The van der Waals surface area contributed by atoms with Crippen LogP contribution in [0.5, 0.6) is 0 Å². The number of anilines is 1. The molecule has 0 spiro atoms. The van der Waals surface area contributed by atoms with Crippen molar-refractivity contribution in [2.75, 3.05) is 32.1 Å². The number of nitrogens with one attached hydrogen (secondary N) is 1. The van der Waals surface area contributed by atoms with Gasteiger partial charge in [0.2, 0.25) is 0 Å². The highest BCUT2D eigenvalue weighted by Gasteiger charge is 2.20. The van der Waals surface area contributed by atoms with E-state index in [-0.39, 0.29) is 13.2 Å². The molecule has 0 saturated carbocycles. The van der Waals surface area contributed by atoms with Gasteiger partial charge in [-0.2, -0.15) is 0 Å². The van der Waals surface area contributed by atoms with Crippen LogP contribution in [0.25, 0.3) is 0 Å². The van der Waals surface area contributed by atoms with Gasteiger partial charge in [-0.05, 0) is 30.7 Å². The molecular formula is C13H18F2N2O2. The zero-order valence-electron chi connectivity index (χ0n) is 11.0. The number of halogens is 2. The fourth-order valence-electron chi connectivity index (χ4n) is 1.79. The summed E-state index contributed by atoms with van der Waals surface area (Å²) in [6.45, 7) is 0.628. The number of hydrogen-bond donors (Lipinski definition) is 2. The average molecular weight is 272 g/mol. The molecule has 0 aromatic heterocycles. The maximum absolute atomic E-state index is 12.4. The van der Waals surface area contributed by atoms with Crippen molar-refractivity contribution in [3.63, 3.8) is 0 Å². The van der Waals surface area contributed by atoms with E-state index in [1.54, 1.807) is 32.2 Å². The first-order chi connectivity index (χ1) is 8.99. The molecule has 0 fully saturated rings. The third-order valence-corrected chi connectivity index (χ3v) is 2.76. The van der Waals surface area contributed by atoms with Gasteiger partial charge < -0.3 is 15.3 Å². The first-order valence-corrected chi connectivity index (χ1v) is 5.96. The second-order valence-corrected chi connectivity index (χ2v) is 4.15. The molecule has 0 aliphatic heterocycles. The molecule has 0 aliphatic carbocycles. The lowest BCUT2D eigenvalue weighted by Gasteiger charge is -2.22. The van der Waals surface area contributed by atoms with Gasteiger partial charge in [-0.25, -0.2) is 8.78 Å². The fourth-order valence-corrected chi connectivity index (χ4v) is 1.79. The van der Waals surface area contributed by atoms with Gasteiger partial charge in [-0.15, -0.1) is 0 Å². The van der Waals surface area contributed by atoms with Crippen LogP contribution in [0.1, 0.15) is 15.9 Å². The summed E-state index contributed by atoms with van der Waals surface area (Å²) in [6, 6.07) is 5.08. The normalized spacial score (nSPS) is 10.6. The summed E-state index contributed by atoms with van der Waals surface area (Å²) in [5, 5.41) is 11.8. The van der Waals surface area contributed by atoms with Crippen LogP contribution in [0.2, 0.25) is 0 Å². The molecule has 1 aromatic carbocycles. The molecule has 1 rings (SSSR count). The Balaban J connectivity index is 2.95. The summed E-state index contributed by atoms with van der Waals surface area (Å²) < 4.78 is 24.8. The number of rotatable bonds is 6. The number of aryl methyl sites for hydroxylation is 1. The highest BCUT2D eigenvalue weighted by molar-refractivity contribution is 5.96. The standard InChI is InChI=1S/C13H18F2N2O2/c1-9-7-10(16-2)3-4-11(9)13(19)17(5-6-18)8-12(14)15/h3-4,7,12,16,18H,5-6,8H2,1-2H3. The molecule has 0 radical (unpaired) electrons. The predicted molar refractivity (Wildman–Crippen MR) is 69.7 cm³/mol. The molecule has 0 bridgehead atoms. The summed E-state index contributed by atoms with van der Waals surface area (Å²) in [6.07, 6.45) is -2.62. The Labute approximate surface area is 111 Å². The Bertz CT molecular complexity index is 439. The monoisotopic (exact) mass is 272 g/mol.